The summed E-state index contributed by atoms with van der Waals surface area (Å²) in [5, 5.41) is 0.362. The lowest BCUT2D eigenvalue weighted by atomic mass is 10.0. The number of aromatic nitrogens is 2. The Hall–Kier alpha value is -3.83. The molecule has 0 aliphatic rings. The van der Waals surface area contributed by atoms with Crippen molar-refractivity contribution in [2.45, 2.75) is 0 Å². The van der Waals surface area contributed by atoms with Crippen LogP contribution in [0.3, 0.4) is 0 Å². The molecule has 0 fully saturated rings. The van der Waals surface area contributed by atoms with Gasteiger partial charge < -0.3 is 9.64 Å². The summed E-state index contributed by atoms with van der Waals surface area (Å²) >= 11 is 5.47. The predicted octanol–water partition coefficient (Wildman–Crippen LogP) is 6.30. The molecule has 0 bridgehead atoms. The van der Waals surface area contributed by atoms with Crippen molar-refractivity contribution in [1.29, 1.82) is 0 Å². The normalized spacial score (nSPS) is 10.5. The third kappa shape index (κ3) is 4.74. The number of rotatable bonds is 7. The highest BCUT2D eigenvalue weighted by Crippen LogP contribution is 2.31. The summed E-state index contributed by atoms with van der Waals surface area (Å²) in [4.78, 5) is 11.8. The van der Waals surface area contributed by atoms with Gasteiger partial charge in [-0.1, -0.05) is 72.8 Å². The maximum absolute atomic E-state index is 5.94. The van der Waals surface area contributed by atoms with Crippen LogP contribution in [0, 0.1) is 0 Å². The monoisotopic (exact) mass is 437 g/mol. The van der Waals surface area contributed by atoms with Gasteiger partial charge in [0.15, 0.2) is 0 Å². The Labute approximate surface area is 193 Å². The van der Waals surface area contributed by atoms with Gasteiger partial charge in [-0.25, -0.2) is 9.97 Å². The van der Waals surface area contributed by atoms with Crippen molar-refractivity contribution < 1.29 is 4.74 Å². The predicted molar refractivity (Wildman–Crippen MR) is 136 cm³/mol. The van der Waals surface area contributed by atoms with Gasteiger partial charge in [-0.3, -0.25) is 0 Å². The molecule has 4 rings (SSSR count). The second-order valence-corrected chi connectivity index (χ2v) is 7.50. The summed E-state index contributed by atoms with van der Waals surface area (Å²) < 4.78 is 5.94. The van der Waals surface area contributed by atoms with Gasteiger partial charge in [0.25, 0.3) is 5.17 Å². The number of thiocarbonyl (C=S) groups is 1. The number of hydrogen-bond donors (Lipinski definition) is 0. The molecule has 32 heavy (non-hydrogen) atoms. The first-order chi connectivity index (χ1) is 15.7. The van der Waals surface area contributed by atoms with Crippen molar-refractivity contribution in [2.75, 3.05) is 13.1 Å². The van der Waals surface area contributed by atoms with Crippen LogP contribution in [-0.4, -0.2) is 33.1 Å². The van der Waals surface area contributed by atoms with Crippen molar-refractivity contribution in [3.05, 3.63) is 104 Å². The molecule has 1 heterocycles. The molecule has 4 nitrogen and oxygen atoms in total. The van der Waals surface area contributed by atoms with Crippen LogP contribution in [-0.2, 0) is 0 Å². The van der Waals surface area contributed by atoms with E-state index in [0.29, 0.717) is 24.0 Å². The number of nitrogens with zero attached hydrogens (tertiary/aromatic N) is 3. The fraction of sp³-hybridized carbons (Fsp3) is 0.0741. The minimum absolute atomic E-state index is 0.362. The molecule has 0 aliphatic heterocycles. The molecule has 0 saturated carbocycles. The van der Waals surface area contributed by atoms with E-state index in [1.165, 1.54) is 0 Å². The molecule has 0 atom stereocenters. The summed E-state index contributed by atoms with van der Waals surface area (Å²) in [5.41, 5.74) is 5.22. The second-order valence-electron chi connectivity index (χ2n) is 7.15. The first-order valence-corrected chi connectivity index (χ1v) is 10.7. The van der Waals surface area contributed by atoms with Crippen LogP contribution in [0.1, 0.15) is 0 Å². The van der Waals surface area contributed by atoms with Crippen molar-refractivity contribution >= 4 is 28.4 Å². The lowest BCUT2D eigenvalue weighted by Gasteiger charge is -2.21. The lowest BCUT2D eigenvalue weighted by Crippen LogP contribution is -2.33. The first kappa shape index (κ1) is 21.4. The maximum Gasteiger partial charge on any atom is 0.265 e. The zero-order valence-electron chi connectivity index (χ0n) is 17.6. The van der Waals surface area contributed by atoms with Crippen LogP contribution in [0.5, 0.6) is 5.75 Å². The minimum Gasteiger partial charge on any atom is -0.432 e. The van der Waals surface area contributed by atoms with Crippen LogP contribution in [0.25, 0.3) is 33.5 Å². The van der Waals surface area contributed by atoms with Crippen LogP contribution in [0.4, 0.5) is 0 Å². The highest BCUT2D eigenvalue weighted by molar-refractivity contribution is 7.80. The molecule has 158 valence electrons. The van der Waals surface area contributed by atoms with E-state index in [9.17, 15) is 0 Å². The Morgan fingerprint density at radius 3 is 1.84 bits per heavy atom. The van der Waals surface area contributed by atoms with Gasteiger partial charge in [-0.05, 0) is 24.4 Å². The molecule has 5 heteroatoms. The van der Waals surface area contributed by atoms with Gasteiger partial charge in [0.1, 0.15) is 5.75 Å². The summed E-state index contributed by atoms with van der Waals surface area (Å²) in [6, 6.07) is 25.8. The molecule has 0 saturated heterocycles. The van der Waals surface area contributed by atoms with Crippen molar-refractivity contribution in [3.63, 3.8) is 0 Å². The summed E-state index contributed by atoms with van der Waals surface area (Å²) in [6.07, 6.45) is 3.56. The third-order valence-electron chi connectivity index (χ3n) is 4.89. The van der Waals surface area contributed by atoms with Crippen molar-refractivity contribution in [1.82, 2.24) is 14.9 Å². The molecule has 4 aromatic rings. The van der Waals surface area contributed by atoms with Crippen LogP contribution in [0.2, 0.25) is 0 Å². The van der Waals surface area contributed by atoms with Gasteiger partial charge in [0, 0.05) is 30.3 Å². The van der Waals surface area contributed by atoms with Crippen LogP contribution < -0.4 is 4.74 Å². The third-order valence-corrected chi connectivity index (χ3v) is 5.23. The van der Waals surface area contributed by atoms with Gasteiger partial charge in [-0.2, -0.15) is 0 Å². The highest BCUT2D eigenvalue weighted by Gasteiger charge is 2.15. The quantitative estimate of drug-likeness (QED) is 0.250. The summed E-state index contributed by atoms with van der Waals surface area (Å²) in [5.74, 6) is 0.612. The number of benzene rings is 3. The van der Waals surface area contributed by atoms with Gasteiger partial charge in [0.2, 0.25) is 0 Å². The van der Waals surface area contributed by atoms with Crippen LogP contribution >= 0.6 is 12.2 Å². The smallest absolute Gasteiger partial charge is 0.265 e. The Bertz CT molecular complexity index is 1250. The van der Waals surface area contributed by atoms with E-state index in [1.54, 1.807) is 12.2 Å². The van der Waals surface area contributed by atoms with E-state index >= 15 is 0 Å². The van der Waals surface area contributed by atoms with E-state index in [2.05, 4.69) is 13.2 Å². The Balaban J connectivity index is 1.76. The molecule has 0 radical (unpaired) electrons. The van der Waals surface area contributed by atoms with Gasteiger partial charge >= 0.3 is 0 Å². The number of fused-ring (bicyclic) bond motifs is 1. The molecule has 1 aromatic heterocycles. The molecule has 0 N–H and O–H groups in total. The molecular formula is C27H23N3OS. The first-order valence-electron chi connectivity index (χ1n) is 10.3. The van der Waals surface area contributed by atoms with E-state index < -0.39 is 0 Å². The largest absolute Gasteiger partial charge is 0.432 e. The van der Waals surface area contributed by atoms with Crippen LogP contribution in [0.15, 0.2) is 104 Å². The second kappa shape index (κ2) is 9.98. The zero-order chi connectivity index (χ0) is 22.3. The summed E-state index contributed by atoms with van der Waals surface area (Å²) in [7, 11) is 0. The zero-order valence-corrected chi connectivity index (χ0v) is 18.5. The fourth-order valence-electron chi connectivity index (χ4n) is 3.39. The minimum atomic E-state index is 0.362. The molecular weight excluding hydrogens is 414 g/mol. The molecule has 0 spiro atoms. The maximum atomic E-state index is 5.94. The molecule has 0 aliphatic carbocycles. The topological polar surface area (TPSA) is 38.2 Å². The van der Waals surface area contributed by atoms with E-state index in [4.69, 9.17) is 26.9 Å². The van der Waals surface area contributed by atoms with Crippen molar-refractivity contribution in [2.24, 2.45) is 0 Å². The fourth-order valence-corrected chi connectivity index (χ4v) is 3.64. The highest BCUT2D eigenvalue weighted by atomic mass is 32.1. The lowest BCUT2D eigenvalue weighted by molar-refractivity contribution is 0.404. The Morgan fingerprint density at radius 2 is 1.31 bits per heavy atom. The van der Waals surface area contributed by atoms with Gasteiger partial charge in [-0.15, -0.1) is 13.2 Å². The Morgan fingerprint density at radius 1 is 0.781 bits per heavy atom. The molecule has 3 aromatic carbocycles. The van der Waals surface area contributed by atoms with E-state index in [-0.39, 0.29) is 0 Å². The summed E-state index contributed by atoms with van der Waals surface area (Å²) in [6.45, 7) is 8.71. The van der Waals surface area contributed by atoms with E-state index in [0.717, 1.165) is 33.5 Å². The standard InChI is InChI=1S/C27H23N3OS/c1-3-17-30(18-4-2)27(32)31-22-15-16-23-24(19-22)29-26(21-13-9-6-10-14-21)25(28-23)20-11-7-5-8-12-20/h3-16,19H,1-2,17-18H2. The number of hydrogen-bond acceptors (Lipinski definition) is 4. The SMILES string of the molecule is C=CCN(CC=C)C(=S)Oc1ccc2nc(-c3ccccc3)c(-c3ccccc3)nc2c1. The molecule has 0 unspecified atom stereocenters. The number of ether oxygens (including phenoxy) is 1. The Kier molecular flexibility index (Phi) is 6.68. The average Bonchev–Trinajstić information content (AvgIpc) is 2.84. The molecule has 0 amide bonds. The van der Waals surface area contributed by atoms with Crippen molar-refractivity contribution in [3.8, 4) is 28.3 Å². The van der Waals surface area contributed by atoms with E-state index in [1.807, 2.05) is 83.8 Å². The van der Waals surface area contributed by atoms with Gasteiger partial charge in [0.05, 0.1) is 22.4 Å². The average molecular weight is 438 g/mol.